The average Bonchev–Trinajstić information content (AvgIpc) is 3.27. The van der Waals surface area contributed by atoms with Crippen LogP contribution in [-0.4, -0.2) is 73.6 Å². The van der Waals surface area contributed by atoms with Crippen molar-refractivity contribution in [3.05, 3.63) is 47.2 Å². The zero-order valence-electron chi connectivity index (χ0n) is 19.4. The Labute approximate surface area is 204 Å². The fraction of sp³-hybridized carbons (Fsp3) is 0.440. The van der Waals surface area contributed by atoms with Crippen LogP contribution < -0.4 is 14.8 Å². The molecule has 1 N–H and O–H groups in total. The van der Waals surface area contributed by atoms with E-state index in [0.29, 0.717) is 42.2 Å². The van der Waals surface area contributed by atoms with Gasteiger partial charge < -0.3 is 24.3 Å². The van der Waals surface area contributed by atoms with Gasteiger partial charge in [-0.2, -0.15) is 0 Å². The maximum absolute atomic E-state index is 6.29. The van der Waals surface area contributed by atoms with Crippen LogP contribution in [0, 0.1) is 6.92 Å². The standard InChI is InChI=1S/C25H29ClN4O4/c1-16-4-5-17(10-19(16)26)29-25-18-11-22(21(31-2)12-20(18)27-15-28-25)32-7-3-6-30-13-23-24(14-30)34-9-8-33-23/h4-5,10-12,15,23-24H,3,6-9,13-14H2,1-2H3,(H,27,28,29). The Balaban J connectivity index is 1.27. The summed E-state index contributed by atoms with van der Waals surface area (Å²) in [5, 5.41) is 4.89. The molecule has 34 heavy (non-hydrogen) atoms. The van der Waals surface area contributed by atoms with E-state index in [1.807, 2.05) is 37.3 Å². The van der Waals surface area contributed by atoms with Gasteiger partial charge in [0.05, 0.1) is 44.7 Å². The minimum Gasteiger partial charge on any atom is -0.493 e. The lowest BCUT2D eigenvalue weighted by atomic mass is 10.2. The van der Waals surface area contributed by atoms with Crippen LogP contribution in [0.1, 0.15) is 12.0 Å². The minimum absolute atomic E-state index is 0.199. The third-order valence-electron chi connectivity index (χ3n) is 6.27. The summed E-state index contributed by atoms with van der Waals surface area (Å²) in [4.78, 5) is 11.2. The van der Waals surface area contributed by atoms with Crippen molar-refractivity contribution in [3.8, 4) is 11.5 Å². The summed E-state index contributed by atoms with van der Waals surface area (Å²) in [7, 11) is 1.63. The van der Waals surface area contributed by atoms with Gasteiger partial charge in [0.2, 0.25) is 0 Å². The molecule has 0 saturated carbocycles. The number of hydrogen-bond acceptors (Lipinski definition) is 8. The first kappa shape index (κ1) is 23.1. The lowest BCUT2D eigenvalue weighted by Crippen LogP contribution is -2.36. The van der Waals surface area contributed by atoms with Crippen LogP contribution in [0.25, 0.3) is 10.9 Å². The fourth-order valence-electron chi connectivity index (χ4n) is 4.43. The van der Waals surface area contributed by atoms with Gasteiger partial charge in [-0.3, -0.25) is 4.90 Å². The van der Waals surface area contributed by atoms with Gasteiger partial charge in [0.1, 0.15) is 12.1 Å². The third-order valence-corrected chi connectivity index (χ3v) is 6.68. The van der Waals surface area contributed by atoms with Gasteiger partial charge in [-0.25, -0.2) is 9.97 Å². The summed E-state index contributed by atoms with van der Waals surface area (Å²) in [5.41, 5.74) is 2.64. The van der Waals surface area contributed by atoms with Gasteiger partial charge in [-0.05, 0) is 37.1 Å². The van der Waals surface area contributed by atoms with Crippen LogP contribution in [0.4, 0.5) is 11.5 Å². The molecular formula is C25H29ClN4O4. The first-order valence-electron chi connectivity index (χ1n) is 11.5. The maximum atomic E-state index is 6.29. The van der Waals surface area contributed by atoms with Crippen molar-refractivity contribution in [2.45, 2.75) is 25.6 Å². The molecule has 2 atom stereocenters. The highest BCUT2D eigenvalue weighted by Gasteiger charge is 2.36. The Hall–Kier alpha value is -2.65. The second-order valence-corrected chi connectivity index (χ2v) is 9.02. The van der Waals surface area contributed by atoms with E-state index in [1.165, 1.54) is 6.33 Å². The number of ether oxygens (including phenoxy) is 4. The molecular weight excluding hydrogens is 456 g/mol. The number of hydrogen-bond donors (Lipinski definition) is 1. The molecule has 0 bridgehead atoms. The van der Waals surface area contributed by atoms with E-state index in [9.17, 15) is 0 Å². The Morgan fingerprint density at radius 3 is 2.62 bits per heavy atom. The number of likely N-dealkylation sites (tertiary alicyclic amines) is 1. The average molecular weight is 485 g/mol. The van der Waals surface area contributed by atoms with Crippen molar-refractivity contribution in [3.63, 3.8) is 0 Å². The second-order valence-electron chi connectivity index (χ2n) is 8.61. The lowest BCUT2D eigenvalue weighted by Gasteiger charge is -2.24. The number of methoxy groups -OCH3 is 1. The van der Waals surface area contributed by atoms with Gasteiger partial charge >= 0.3 is 0 Å². The summed E-state index contributed by atoms with van der Waals surface area (Å²) in [5.74, 6) is 1.98. The largest absolute Gasteiger partial charge is 0.493 e. The van der Waals surface area contributed by atoms with E-state index in [4.69, 9.17) is 30.5 Å². The van der Waals surface area contributed by atoms with E-state index >= 15 is 0 Å². The van der Waals surface area contributed by atoms with Gasteiger partial charge in [0, 0.05) is 41.8 Å². The number of halogens is 1. The number of rotatable bonds is 8. The van der Waals surface area contributed by atoms with Crippen molar-refractivity contribution >= 4 is 34.0 Å². The fourth-order valence-corrected chi connectivity index (χ4v) is 4.61. The summed E-state index contributed by atoms with van der Waals surface area (Å²) >= 11 is 6.29. The van der Waals surface area contributed by atoms with Crippen LogP contribution in [0.2, 0.25) is 5.02 Å². The van der Waals surface area contributed by atoms with E-state index in [2.05, 4.69) is 20.2 Å². The number of nitrogens with one attached hydrogen (secondary N) is 1. The zero-order valence-corrected chi connectivity index (χ0v) is 20.2. The molecule has 1 aromatic heterocycles. The topological polar surface area (TPSA) is 78.0 Å². The van der Waals surface area contributed by atoms with Gasteiger partial charge in [0.25, 0.3) is 0 Å². The molecule has 180 valence electrons. The molecule has 0 radical (unpaired) electrons. The Morgan fingerprint density at radius 1 is 1.09 bits per heavy atom. The molecule has 0 spiro atoms. The van der Waals surface area contributed by atoms with Gasteiger partial charge in [-0.15, -0.1) is 0 Å². The van der Waals surface area contributed by atoms with Crippen LogP contribution in [-0.2, 0) is 9.47 Å². The van der Waals surface area contributed by atoms with E-state index in [1.54, 1.807) is 7.11 Å². The molecule has 2 aromatic carbocycles. The summed E-state index contributed by atoms with van der Waals surface area (Å²) in [6, 6.07) is 9.63. The second kappa shape index (κ2) is 10.3. The molecule has 2 fully saturated rings. The van der Waals surface area contributed by atoms with E-state index in [0.717, 1.165) is 48.2 Å². The molecule has 0 amide bonds. The van der Waals surface area contributed by atoms with Crippen molar-refractivity contribution < 1.29 is 18.9 Å². The zero-order chi connectivity index (χ0) is 23.5. The Kier molecular flexibility index (Phi) is 7.01. The number of aryl methyl sites for hydroxylation is 1. The summed E-state index contributed by atoms with van der Waals surface area (Å²) in [6.45, 7) is 6.69. The molecule has 2 saturated heterocycles. The van der Waals surface area contributed by atoms with Crippen molar-refractivity contribution in [2.75, 3.05) is 51.9 Å². The highest BCUT2D eigenvalue weighted by atomic mass is 35.5. The van der Waals surface area contributed by atoms with Gasteiger partial charge in [-0.1, -0.05) is 17.7 Å². The lowest BCUT2D eigenvalue weighted by molar-refractivity contribution is -0.116. The Bertz CT molecular complexity index is 1150. The van der Waals surface area contributed by atoms with Crippen molar-refractivity contribution in [2.24, 2.45) is 0 Å². The highest BCUT2D eigenvalue weighted by molar-refractivity contribution is 6.31. The molecule has 5 rings (SSSR count). The van der Waals surface area contributed by atoms with Crippen molar-refractivity contribution in [1.29, 1.82) is 0 Å². The molecule has 2 unspecified atom stereocenters. The third kappa shape index (κ3) is 5.05. The number of benzene rings is 2. The van der Waals surface area contributed by atoms with Crippen LogP contribution in [0.3, 0.4) is 0 Å². The van der Waals surface area contributed by atoms with Crippen LogP contribution in [0.15, 0.2) is 36.7 Å². The highest BCUT2D eigenvalue weighted by Crippen LogP contribution is 2.35. The quantitative estimate of drug-likeness (QED) is 0.476. The van der Waals surface area contributed by atoms with E-state index < -0.39 is 0 Å². The first-order chi connectivity index (χ1) is 16.6. The van der Waals surface area contributed by atoms with E-state index in [-0.39, 0.29) is 12.2 Å². The number of aromatic nitrogens is 2. The summed E-state index contributed by atoms with van der Waals surface area (Å²) in [6.07, 6.45) is 2.81. The number of fused-ring (bicyclic) bond motifs is 2. The molecule has 2 aliphatic rings. The predicted octanol–water partition coefficient (Wildman–Crippen LogP) is 4.21. The Morgan fingerprint density at radius 2 is 1.88 bits per heavy atom. The first-order valence-corrected chi connectivity index (χ1v) is 11.9. The molecule has 3 heterocycles. The molecule has 3 aromatic rings. The minimum atomic E-state index is 0.199. The number of anilines is 2. The predicted molar refractivity (Wildman–Crippen MR) is 132 cm³/mol. The van der Waals surface area contributed by atoms with Crippen LogP contribution >= 0.6 is 11.6 Å². The summed E-state index contributed by atoms with van der Waals surface area (Å²) < 4.78 is 23.3. The molecule has 9 heteroatoms. The molecule has 2 aliphatic heterocycles. The van der Waals surface area contributed by atoms with Crippen molar-refractivity contribution in [1.82, 2.24) is 14.9 Å². The monoisotopic (exact) mass is 484 g/mol. The molecule has 8 nitrogen and oxygen atoms in total. The van der Waals surface area contributed by atoms with Crippen LogP contribution in [0.5, 0.6) is 11.5 Å². The normalized spacial score (nSPS) is 20.3. The van der Waals surface area contributed by atoms with Gasteiger partial charge in [0.15, 0.2) is 11.5 Å². The SMILES string of the molecule is COc1cc2ncnc(Nc3ccc(C)c(Cl)c3)c2cc1OCCCN1CC2OCCOC2C1. The number of nitrogens with zero attached hydrogens (tertiary/aromatic N) is 3. The maximum Gasteiger partial charge on any atom is 0.162 e. The molecule has 0 aliphatic carbocycles. The smallest absolute Gasteiger partial charge is 0.162 e.